The molecule has 10 heteroatoms. The maximum atomic E-state index is 10.7. The lowest BCUT2D eigenvalue weighted by Gasteiger charge is -2.10. The van der Waals surface area contributed by atoms with Gasteiger partial charge in [-0.25, -0.2) is 0 Å². The third-order valence-corrected chi connectivity index (χ3v) is 0.830. The fourth-order valence-electron chi connectivity index (χ4n) is 0.408. The normalized spacial score (nSPS) is 28.3. The first-order valence-electron chi connectivity index (χ1n) is 2.20. The molecule has 0 saturated heterocycles. The smallest absolute Gasteiger partial charge is 0.561 e. The third kappa shape index (κ3) is 0.948. The van der Waals surface area contributed by atoms with Crippen LogP contribution in [0, 0.1) is 20.2 Å². The summed E-state index contributed by atoms with van der Waals surface area (Å²) in [5.74, 6) is -1.26. The molecule has 0 amide bonds. The van der Waals surface area contributed by atoms with Crippen molar-refractivity contribution < 1.29 is 9.79 Å². The number of quaternary nitrogens is 1. The Hall–Kier alpha value is -1.81. The van der Waals surface area contributed by atoms with Crippen molar-refractivity contribution in [1.82, 2.24) is 0 Å². The van der Waals surface area contributed by atoms with Crippen LogP contribution in [-0.2, 0) is 0 Å². The van der Waals surface area contributed by atoms with E-state index in [2.05, 4.69) is 15.5 Å². The van der Waals surface area contributed by atoms with E-state index in [0.29, 0.717) is 0 Å². The van der Waals surface area contributed by atoms with Crippen LogP contribution in [0.1, 0.15) is 0 Å². The number of nitrogens with zero attached hydrogens (tertiary/aromatic N) is 6. The Morgan fingerprint density at radius 2 is 2.27 bits per heavy atom. The minimum Gasteiger partial charge on any atom is -0.561 e. The predicted octanol–water partition coefficient (Wildman–Crippen LogP) is -0.0891. The van der Waals surface area contributed by atoms with Gasteiger partial charge in [0.2, 0.25) is 0 Å². The summed E-state index contributed by atoms with van der Waals surface area (Å²) in [5, 5.41) is 30.3. The first-order valence-corrected chi connectivity index (χ1v) is 2.20. The average Bonchev–Trinajstić information content (AvgIpc) is 2.32. The van der Waals surface area contributed by atoms with Gasteiger partial charge >= 0.3 is 5.96 Å². The lowest BCUT2D eigenvalue weighted by Crippen LogP contribution is -2.39. The van der Waals surface area contributed by atoms with Crippen molar-refractivity contribution in [2.24, 2.45) is 20.8 Å². The number of hydrogen-bond donors (Lipinski definition) is 0. The molecule has 1 aliphatic heterocycles. The van der Waals surface area contributed by atoms with Crippen LogP contribution in [0.15, 0.2) is 20.8 Å². The first-order chi connectivity index (χ1) is 5.10. The van der Waals surface area contributed by atoms with Gasteiger partial charge in [-0.2, -0.15) is 0 Å². The molecule has 0 radical (unpaired) electrons. The predicted molar refractivity (Wildman–Crippen MR) is 28.7 cm³/mol. The van der Waals surface area contributed by atoms with Gasteiger partial charge in [0, 0.05) is 4.92 Å². The van der Waals surface area contributed by atoms with Crippen LogP contribution in [0.4, 0.5) is 0 Å². The molecule has 0 N–H and O–H groups in total. The SMILES string of the molecule is O=N[N+]1([O-])N=NN=C1[N+](=O)[O-]. The van der Waals surface area contributed by atoms with Gasteiger partial charge in [-0.3, -0.25) is 0 Å². The van der Waals surface area contributed by atoms with E-state index in [1.807, 2.05) is 5.29 Å². The molecule has 10 nitrogen and oxygen atoms in total. The average molecular weight is 160 g/mol. The van der Waals surface area contributed by atoms with E-state index in [4.69, 9.17) is 0 Å². The van der Waals surface area contributed by atoms with Crippen molar-refractivity contribution >= 4 is 5.96 Å². The lowest BCUT2D eigenvalue weighted by molar-refractivity contribution is -0.840. The minimum absolute atomic E-state index is 1.17. The standard InChI is InChI=1S/CN6O4/c8-5-7(11)1(6(9)10)2-3-4-7. The molecule has 1 atom stereocenters. The molecule has 1 rings (SSSR count). The van der Waals surface area contributed by atoms with Crippen LogP contribution in [0.25, 0.3) is 0 Å². The highest BCUT2D eigenvalue weighted by molar-refractivity contribution is 5.64. The Morgan fingerprint density at radius 1 is 1.64 bits per heavy atom. The van der Waals surface area contributed by atoms with Gasteiger partial charge in [0.1, 0.15) is 10.4 Å². The largest absolute Gasteiger partial charge is 0.623 e. The number of rotatable bonds is 1. The summed E-state index contributed by atoms with van der Waals surface area (Å²) in [6.07, 6.45) is 0. The van der Waals surface area contributed by atoms with Crippen molar-refractivity contribution in [3.05, 3.63) is 20.2 Å². The number of nitro groups is 1. The quantitative estimate of drug-likeness (QED) is 0.174. The highest BCUT2D eigenvalue weighted by Gasteiger charge is 2.46. The lowest BCUT2D eigenvalue weighted by atomic mass is 11.0. The summed E-state index contributed by atoms with van der Waals surface area (Å²) in [5.41, 5.74) is 0. The molecule has 0 aliphatic carbocycles. The Morgan fingerprint density at radius 3 is 2.64 bits per heavy atom. The zero-order valence-corrected chi connectivity index (χ0v) is 4.82. The molecule has 0 spiro atoms. The fourth-order valence-corrected chi connectivity index (χ4v) is 0.408. The molecule has 0 aromatic rings. The number of nitroso groups, excluding NO2 is 1. The molecule has 1 heterocycles. The minimum atomic E-state index is -2.35. The molecule has 0 fully saturated rings. The number of hydrogen-bond acceptors (Lipinski definition) is 8. The zero-order valence-electron chi connectivity index (χ0n) is 4.82. The van der Waals surface area contributed by atoms with E-state index in [9.17, 15) is 20.2 Å². The molecule has 1 unspecified atom stereocenters. The van der Waals surface area contributed by atoms with E-state index in [1.165, 1.54) is 0 Å². The van der Waals surface area contributed by atoms with Gasteiger partial charge in [0.25, 0.3) is 0 Å². The van der Waals surface area contributed by atoms with Gasteiger partial charge in [-0.15, -0.1) is 0 Å². The number of guanidine groups is 1. The van der Waals surface area contributed by atoms with Crippen molar-refractivity contribution in [3.8, 4) is 0 Å². The maximum absolute atomic E-state index is 10.7. The topological polar surface area (TPSA) is 133 Å². The van der Waals surface area contributed by atoms with Crippen molar-refractivity contribution in [2.75, 3.05) is 0 Å². The number of hydroxylamine groups is 1. The molecule has 0 aromatic carbocycles. The summed E-state index contributed by atoms with van der Waals surface area (Å²) in [6.45, 7) is 0. The van der Waals surface area contributed by atoms with Crippen molar-refractivity contribution in [1.29, 1.82) is 0 Å². The van der Waals surface area contributed by atoms with E-state index in [0.717, 1.165) is 0 Å². The molecule has 11 heavy (non-hydrogen) atoms. The third-order valence-electron chi connectivity index (χ3n) is 0.830. The van der Waals surface area contributed by atoms with E-state index >= 15 is 0 Å². The van der Waals surface area contributed by atoms with E-state index < -0.39 is 15.7 Å². The Balaban J connectivity index is 3.02. The van der Waals surface area contributed by atoms with Crippen LogP contribution in [0.3, 0.4) is 0 Å². The van der Waals surface area contributed by atoms with Crippen molar-refractivity contribution in [2.45, 2.75) is 0 Å². The van der Waals surface area contributed by atoms with Crippen LogP contribution < -0.4 is 0 Å². The van der Waals surface area contributed by atoms with Crippen LogP contribution in [-0.4, -0.2) is 15.7 Å². The van der Waals surface area contributed by atoms with Crippen LogP contribution >= 0.6 is 0 Å². The van der Waals surface area contributed by atoms with E-state index in [1.54, 1.807) is 0 Å². The second-order valence-electron chi connectivity index (χ2n) is 1.46. The molecule has 0 aromatic heterocycles. The molecule has 0 saturated carbocycles. The van der Waals surface area contributed by atoms with E-state index in [-0.39, 0.29) is 0 Å². The summed E-state index contributed by atoms with van der Waals surface area (Å²) in [7, 11) is 0. The van der Waals surface area contributed by atoms with Crippen molar-refractivity contribution in [3.63, 3.8) is 0 Å². The first kappa shape index (κ1) is 7.30. The van der Waals surface area contributed by atoms with Crippen LogP contribution in [0.5, 0.6) is 0 Å². The summed E-state index contributed by atoms with van der Waals surface area (Å²) in [6, 6.07) is 0. The van der Waals surface area contributed by atoms with Gasteiger partial charge < -0.3 is 15.3 Å². The molecular formula is CN6O4. The summed E-state index contributed by atoms with van der Waals surface area (Å²) >= 11 is 0. The second-order valence-corrected chi connectivity index (χ2v) is 1.46. The highest BCUT2D eigenvalue weighted by atomic mass is 16.7. The molecule has 58 valence electrons. The molecule has 1 aliphatic rings. The summed E-state index contributed by atoms with van der Waals surface area (Å²) in [4.78, 5) is 16.1. The monoisotopic (exact) mass is 160 g/mol. The Bertz CT molecular complexity index is 268. The van der Waals surface area contributed by atoms with Gasteiger partial charge in [0.15, 0.2) is 10.4 Å². The Kier molecular flexibility index (Phi) is 1.40. The highest BCUT2D eigenvalue weighted by Crippen LogP contribution is 2.15. The molecule has 0 bridgehead atoms. The second kappa shape index (κ2) is 2.10. The Labute approximate surface area is 58.1 Å². The fraction of sp³-hybridized carbons (Fsp3) is 0. The van der Waals surface area contributed by atoms with Gasteiger partial charge in [-0.05, 0) is 0 Å². The molecular weight excluding hydrogens is 160 g/mol. The van der Waals surface area contributed by atoms with Gasteiger partial charge in [-0.1, -0.05) is 4.91 Å². The zero-order chi connectivity index (χ0) is 8.48. The maximum Gasteiger partial charge on any atom is 0.623 e. The van der Waals surface area contributed by atoms with Gasteiger partial charge in [0.05, 0.1) is 4.86 Å². The summed E-state index contributed by atoms with van der Waals surface area (Å²) < 4.78 is 0. The van der Waals surface area contributed by atoms with Crippen LogP contribution in [0.2, 0.25) is 0 Å².